The van der Waals surface area contributed by atoms with Gasteiger partial charge in [0.25, 0.3) is 10.0 Å². The monoisotopic (exact) mass is 315 g/mol. The Kier molecular flexibility index (Phi) is 5.95. The second kappa shape index (κ2) is 7.71. The third-order valence-corrected chi connectivity index (χ3v) is 4.40. The van der Waals surface area contributed by atoms with E-state index in [0.717, 1.165) is 6.42 Å². The minimum atomic E-state index is -3.56. The van der Waals surface area contributed by atoms with Crippen LogP contribution in [0.4, 0.5) is 0 Å². The summed E-state index contributed by atoms with van der Waals surface area (Å²) in [5.41, 5.74) is 5.38. The smallest absolute Gasteiger partial charge is 0.253 e. The Balaban J connectivity index is 1.95. The molecule has 1 aliphatic heterocycles. The third-order valence-electron chi connectivity index (χ3n) is 3.01. The fraction of sp³-hybridized carbons (Fsp3) is 0.538. The number of benzene rings is 1. The van der Waals surface area contributed by atoms with Gasteiger partial charge in [-0.1, -0.05) is 0 Å². The van der Waals surface area contributed by atoms with E-state index >= 15 is 0 Å². The second-order valence-corrected chi connectivity index (χ2v) is 6.32. The fourth-order valence-electron chi connectivity index (χ4n) is 1.87. The zero-order valence-corrected chi connectivity index (χ0v) is 12.6. The number of nitrogens with zero attached hydrogens (tertiary/aromatic N) is 1. The average Bonchev–Trinajstić information content (AvgIpc) is 2.49. The first-order chi connectivity index (χ1) is 10.1. The van der Waals surface area contributed by atoms with Crippen LogP contribution in [-0.4, -0.2) is 52.9 Å². The van der Waals surface area contributed by atoms with Crippen molar-refractivity contribution in [1.29, 1.82) is 0 Å². The lowest BCUT2D eigenvalue weighted by Gasteiger charge is -2.26. The van der Waals surface area contributed by atoms with Gasteiger partial charge in [-0.25, -0.2) is 13.4 Å². The summed E-state index contributed by atoms with van der Waals surface area (Å²) >= 11 is 0. The van der Waals surface area contributed by atoms with Gasteiger partial charge < -0.3 is 15.2 Å². The molecule has 3 N–H and O–H groups in total. The molecule has 21 heavy (non-hydrogen) atoms. The van der Waals surface area contributed by atoms with Crippen molar-refractivity contribution in [3.8, 4) is 5.75 Å². The van der Waals surface area contributed by atoms with Crippen LogP contribution in [-0.2, 0) is 14.8 Å². The molecular weight excluding hydrogens is 294 g/mol. The van der Waals surface area contributed by atoms with Crippen LogP contribution < -0.4 is 15.3 Å². The van der Waals surface area contributed by atoms with Crippen molar-refractivity contribution in [2.24, 2.45) is 5.73 Å². The number of sulfonamides is 1. The molecule has 118 valence electrons. The predicted octanol–water partition coefficient (Wildman–Crippen LogP) is -0.0603. The van der Waals surface area contributed by atoms with Crippen LogP contribution in [0.5, 0.6) is 5.75 Å². The number of rotatable bonds is 7. The summed E-state index contributed by atoms with van der Waals surface area (Å²) in [5.74, 6) is 0.633. The maximum absolute atomic E-state index is 12.2. The van der Waals surface area contributed by atoms with E-state index in [9.17, 15) is 8.42 Å². The molecule has 0 atom stereocenters. The molecule has 7 nitrogen and oxygen atoms in total. The van der Waals surface area contributed by atoms with Gasteiger partial charge in [-0.2, -0.15) is 0 Å². The number of morpholine rings is 1. The standard InChI is InChI=1S/C13H21N3O4S/c14-6-1-9-20-12-2-4-13(5-3-12)21(17,18)15-16-7-10-19-11-8-16/h2-5,15H,1,6-11,14H2. The van der Waals surface area contributed by atoms with Gasteiger partial charge in [-0.05, 0) is 37.2 Å². The maximum Gasteiger partial charge on any atom is 0.253 e. The van der Waals surface area contributed by atoms with Crippen molar-refractivity contribution in [3.05, 3.63) is 24.3 Å². The molecular formula is C13H21N3O4S. The molecule has 0 aromatic heterocycles. The van der Waals surface area contributed by atoms with Gasteiger partial charge in [-0.15, -0.1) is 4.83 Å². The molecule has 0 saturated carbocycles. The first-order valence-corrected chi connectivity index (χ1v) is 8.38. The van der Waals surface area contributed by atoms with Crippen LogP contribution in [0.1, 0.15) is 6.42 Å². The minimum Gasteiger partial charge on any atom is -0.494 e. The van der Waals surface area contributed by atoms with E-state index in [1.807, 2.05) is 0 Å². The van der Waals surface area contributed by atoms with Crippen molar-refractivity contribution < 1.29 is 17.9 Å². The summed E-state index contributed by atoms with van der Waals surface area (Å²) in [6.07, 6.45) is 0.763. The molecule has 1 aliphatic rings. The van der Waals surface area contributed by atoms with Crippen LogP contribution in [0, 0.1) is 0 Å². The molecule has 2 rings (SSSR count). The predicted molar refractivity (Wildman–Crippen MR) is 78.3 cm³/mol. The van der Waals surface area contributed by atoms with Crippen molar-refractivity contribution in [2.75, 3.05) is 39.5 Å². The Bertz CT molecular complexity index is 527. The summed E-state index contributed by atoms with van der Waals surface area (Å²) in [6, 6.07) is 6.34. The molecule has 1 aromatic rings. The van der Waals surface area contributed by atoms with E-state index in [0.29, 0.717) is 45.2 Å². The number of nitrogens with one attached hydrogen (secondary N) is 1. The van der Waals surface area contributed by atoms with Gasteiger partial charge in [0.15, 0.2) is 0 Å². The highest BCUT2D eigenvalue weighted by Crippen LogP contribution is 2.16. The number of hydrogen-bond acceptors (Lipinski definition) is 6. The number of nitrogens with two attached hydrogens (primary N) is 1. The summed E-state index contributed by atoms with van der Waals surface area (Å²) in [4.78, 5) is 2.76. The van der Waals surface area contributed by atoms with Crippen LogP contribution in [0.2, 0.25) is 0 Å². The van der Waals surface area contributed by atoms with E-state index in [2.05, 4.69) is 4.83 Å². The molecule has 0 unspecified atom stereocenters. The number of hydrazine groups is 1. The molecule has 1 saturated heterocycles. The van der Waals surface area contributed by atoms with Gasteiger partial charge in [-0.3, -0.25) is 0 Å². The molecule has 0 spiro atoms. The van der Waals surface area contributed by atoms with E-state index < -0.39 is 10.0 Å². The normalized spacial score (nSPS) is 16.8. The molecule has 0 radical (unpaired) electrons. The van der Waals surface area contributed by atoms with Crippen LogP contribution in [0.25, 0.3) is 0 Å². The quantitative estimate of drug-likeness (QED) is 0.685. The highest BCUT2D eigenvalue weighted by Gasteiger charge is 2.20. The highest BCUT2D eigenvalue weighted by atomic mass is 32.2. The van der Waals surface area contributed by atoms with Gasteiger partial charge >= 0.3 is 0 Å². The van der Waals surface area contributed by atoms with Gasteiger partial charge in [0.05, 0.1) is 24.7 Å². The Morgan fingerprint density at radius 3 is 2.52 bits per heavy atom. The third kappa shape index (κ3) is 4.94. The molecule has 0 aliphatic carbocycles. The lowest BCUT2D eigenvalue weighted by molar-refractivity contribution is 0.0272. The number of hydrogen-bond donors (Lipinski definition) is 2. The maximum atomic E-state index is 12.2. The molecule has 8 heteroatoms. The SMILES string of the molecule is NCCCOc1ccc(S(=O)(=O)NN2CCOCC2)cc1. The van der Waals surface area contributed by atoms with Crippen molar-refractivity contribution in [3.63, 3.8) is 0 Å². The van der Waals surface area contributed by atoms with Crippen molar-refractivity contribution >= 4 is 10.0 Å². The molecule has 1 fully saturated rings. The zero-order valence-electron chi connectivity index (χ0n) is 11.8. The molecule has 0 bridgehead atoms. The van der Waals surface area contributed by atoms with Crippen molar-refractivity contribution in [2.45, 2.75) is 11.3 Å². The highest BCUT2D eigenvalue weighted by molar-refractivity contribution is 7.89. The Labute approximate surface area is 125 Å². The van der Waals surface area contributed by atoms with Gasteiger partial charge in [0.2, 0.25) is 0 Å². The van der Waals surface area contributed by atoms with Crippen LogP contribution in [0.3, 0.4) is 0 Å². The fourth-order valence-corrected chi connectivity index (χ4v) is 2.99. The Morgan fingerprint density at radius 2 is 1.90 bits per heavy atom. The molecule has 1 heterocycles. The first kappa shape index (κ1) is 16.2. The van der Waals surface area contributed by atoms with E-state index in [1.54, 1.807) is 17.1 Å². The van der Waals surface area contributed by atoms with Gasteiger partial charge in [0.1, 0.15) is 5.75 Å². The summed E-state index contributed by atoms with van der Waals surface area (Å²) in [5, 5.41) is 1.64. The zero-order chi connectivity index (χ0) is 15.1. The van der Waals surface area contributed by atoms with E-state index in [1.165, 1.54) is 12.1 Å². The van der Waals surface area contributed by atoms with E-state index in [4.69, 9.17) is 15.2 Å². The largest absolute Gasteiger partial charge is 0.494 e. The van der Waals surface area contributed by atoms with Crippen molar-refractivity contribution in [1.82, 2.24) is 9.84 Å². The summed E-state index contributed by atoms with van der Waals surface area (Å²) in [6.45, 7) is 3.22. The summed E-state index contributed by atoms with van der Waals surface area (Å²) in [7, 11) is -3.56. The summed E-state index contributed by atoms with van der Waals surface area (Å²) < 4.78 is 35.1. The van der Waals surface area contributed by atoms with Gasteiger partial charge in [0, 0.05) is 13.1 Å². The molecule has 1 aromatic carbocycles. The minimum absolute atomic E-state index is 0.208. The Hall–Kier alpha value is -1.19. The lowest BCUT2D eigenvalue weighted by atomic mass is 10.3. The Morgan fingerprint density at radius 1 is 1.24 bits per heavy atom. The van der Waals surface area contributed by atoms with Crippen LogP contribution in [0.15, 0.2) is 29.2 Å². The van der Waals surface area contributed by atoms with E-state index in [-0.39, 0.29) is 4.90 Å². The molecule has 0 amide bonds. The number of ether oxygens (including phenoxy) is 2. The van der Waals surface area contributed by atoms with Crippen LogP contribution >= 0.6 is 0 Å². The topological polar surface area (TPSA) is 93.9 Å². The average molecular weight is 315 g/mol. The second-order valence-electron chi connectivity index (χ2n) is 4.66. The lowest BCUT2D eigenvalue weighted by Crippen LogP contribution is -2.48. The first-order valence-electron chi connectivity index (χ1n) is 6.90.